The normalized spacial score (nSPS) is 18.0. The molecule has 2 heterocycles. The van der Waals surface area contributed by atoms with Gasteiger partial charge in [-0.05, 0) is 35.1 Å². The molecule has 1 N–H and O–H groups in total. The number of carbonyl (C=O) groups is 2. The summed E-state index contributed by atoms with van der Waals surface area (Å²) in [6.07, 6.45) is 0.792. The standard InChI is InChI=1S/C25H26N2O3S/c1-30-16-15-27-23(18-8-3-2-4-9-18)22(20-11-5-6-12-21(20)25(27)29)24(28)26-14-13-19-10-7-17-31-19/h2-12,17,22-23H,13-16H2,1H3,(H,26,28). The van der Waals surface area contributed by atoms with Gasteiger partial charge < -0.3 is 15.0 Å². The molecule has 2 amide bonds. The fourth-order valence-electron chi connectivity index (χ4n) is 4.21. The van der Waals surface area contributed by atoms with E-state index in [4.69, 9.17) is 4.74 Å². The molecule has 1 aliphatic rings. The molecular formula is C25H26N2O3S. The van der Waals surface area contributed by atoms with Gasteiger partial charge >= 0.3 is 0 Å². The van der Waals surface area contributed by atoms with Gasteiger partial charge in [0, 0.05) is 30.6 Å². The van der Waals surface area contributed by atoms with Crippen molar-refractivity contribution < 1.29 is 14.3 Å². The fraction of sp³-hybridized carbons (Fsp3) is 0.280. The Morgan fingerprint density at radius 2 is 1.84 bits per heavy atom. The van der Waals surface area contributed by atoms with Crippen LogP contribution in [0.1, 0.15) is 38.3 Å². The number of benzene rings is 2. The van der Waals surface area contributed by atoms with Crippen LogP contribution in [0.2, 0.25) is 0 Å². The Balaban J connectivity index is 1.69. The molecule has 1 aromatic heterocycles. The maximum absolute atomic E-state index is 13.5. The number of nitrogens with zero attached hydrogens (tertiary/aromatic N) is 1. The zero-order valence-electron chi connectivity index (χ0n) is 17.5. The molecule has 0 aliphatic carbocycles. The monoisotopic (exact) mass is 434 g/mol. The average molecular weight is 435 g/mol. The first-order valence-electron chi connectivity index (χ1n) is 10.4. The van der Waals surface area contributed by atoms with E-state index in [0.717, 1.165) is 17.5 Å². The van der Waals surface area contributed by atoms with Crippen molar-refractivity contribution >= 4 is 23.2 Å². The van der Waals surface area contributed by atoms with Crippen molar-refractivity contribution in [3.63, 3.8) is 0 Å². The Morgan fingerprint density at radius 3 is 2.58 bits per heavy atom. The molecule has 0 fully saturated rings. The Morgan fingerprint density at radius 1 is 1.06 bits per heavy atom. The highest BCUT2D eigenvalue weighted by Gasteiger charge is 2.43. The number of methoxy groups -OCH3 is 1. The molecular weight excluding hydrogens is 408 g/mol. The molecule has 2 aromatic carbocycles. The predicted molar refractivity (Wildman–Crippen MR) is 122 cm³/mol. The van der Waals surface area contributed by atoms with Crippen LogP contribution in [0.5, 0.6) is 0 Å². The summed E-state index contributed by atoms with van der Waals surface area (Å²) in [5.74, 6) is -0.617. The van der Waals surface area contributed by atoms with Gasteiger partial charge in [0.05, 0.1) is 18.6 Å². The lowest BCUT2D eigenvalue weighted by Crippen LogP contribution is -2.48. The second-order valence-electron chi connectivity index (χ2n) is 7.53. The van der Waals surface area contributed by atoms with Gasteiger partial charge in [-0.25, -0.2) is 0 Å². The SMILES string of the molecule is COCCN1C(=O)c2ccccc2C(C(=O)NCCc2cccs2)C1c1ccccc1. The maximum Gasteiger partial charge on any atom is 0.254 e. The Hall–Kier alpha value is -2.96. The highest BCUT2D eigenvalue weighted by Crippen LogP contribution is 2.42. The third-order valence-electron chi connectivity index (χ3n) is 5.65. The molecule has 0 saturated heterocycles. The third-order valence-corrected chi connectivity index (χ3v) is 6.59. The molecule has 3 aromatic rings. The Labute approximate surface area is 186 Å². The van der Waals surface area contributed by atoms with Gasteiger partial charge in [0.2, 0.25) is 5.91 Å². The van der Waals surface area contributed by atoms with E-state index in [0.29, 0.717) is 25.3 Å². The van der Waals surface area contributed by atoms with E-state index in [2.05, 4.69) is 11.4 Å². The number of rotatable bonds is 8. The fourth-order valence-corrected chi connectivity index (χ4v) is 4.91. The second-order valence-corrected chi connectivity index (χ2v) is 8.56. The van der Waals surface area contributed by atoms with E-state index in [1.54, 1.807) is 23.3 Å². The van der Waals surface area contributed by atoms with E-state index in [1.165, 1.54) is 4.88 Å². The number of ether oxygens (including phenoxy) is 1. The first-order valence-corrected chi connectivity index (χ1v) is 11.3. The van der Waals surface area contributed by atoms with Crippen LogP contribution < -0.4 is 5.32 Å². The van der Waals surface area contributed by atoms with Crippen molar-refractivity contribution in [2.24, 2.45) is 0 Å². The van der Waals surface area contributed by atoms with Gasteiger partial charge in [-0.1, -0.05) is 54.6 Å². The number of carbonyl (C=O) groups excluding carboxylic acids is 2. The summed E-state index contributed by atoms with van der Waals surface area (Å²) in [6.45, 7) is 1.39. The smallest absolute Gasteiger partial charge is 0.254 e. The summed E-state index contributed by atoms with van der Waals surface area (Å²) in [6, 6.07) is 21.0. The molecule has 160 valence electrons. The summed E-state index contributed by atoms with van der Waals surface area (Å²) < 4.78 is 5.27. The van der Waals surface area contributed by atoms with Gasteiger partial charge in [-0.15, -0.1) is 11.3 Å². The number of fused-ring (bicyclic) bond motifs is 1. The molecule has 0 radical (unpaired) electrons. The number of hydrogen-bond donors (Lipinski definition) is 1. The van der Waals surface area contributed by atoms with Crippen LogP contribution in [0.25, 0.3) is 0 Å². The van der Waals surface area contributed by atoms with Crippen LogP contribution >= 0.6 is 11.3 Å². The second kappa shape index (κ2) is 9.90. The van der Waals surface area contributed by atoms with E-state index in [1.807, 2.05) is 66.0 Å². The minimum absolute atomic E-state index is 0.0622. The van der Waals surface area contributed by atoms with Crippen molar-refractivity contribution in [2.75, 3.05) is 26.8 Å². The van der Waals surface area contributed by atoms with Gasteiger partial charge in [-0.3, -0.25) is 9.59 Å². The van der Waals surface area contributed by atoms with E-state index < -0.39 is 5.92 Å². The van der Waals surface area contributed by atoms with E-state index in [-0.39, 0.29) is 17.9 Å². The maximum atomic E-state index is 13.5. The van der Waals surface area contributed by atoms with Crippen LogP contribution in [0, 0.1) is 0 Å². The summed E-state index contributed by atoms with van der Waals surface area (Å²) >= 11 is 1.69. The number of hydrogen-bond acceptors (Lipinski definition) is 4. The average Bonchev–Trinajstić information content (AvgIpc) is 3.32. The quantitative estimate of drug-likeness (QED) is 0.582. The van der Waals surface area contributed by atoms with Crippen molar-refractivity contribution in [2.45, 2.75) is 18.4 Å². The molecule has 0 spiro atoms. The summed E-state index contributed by atoms with van der Waals surface area (Å²) in [5, 5.41) is 5.16. The number of thiophene rings is 1. The van der Waals surface area contributed by atoms with Gasteiger partial charge in [-0.2, -0.15) is 0 Å². The van der Waals surface area contributed by atoms with Gasteiger partial charge in [0.25, 0.3) is 5.91 Å². The molecule has 1 aliphatic heterocycles. The molecule has 4 rings (SSSR count). The van der Waals surface area contributed by atoms with Crippen molar-refractivity contribution in [3.8, 4) is 0 Å². The third kappa shape index (κ3) is 4.55. The summed E-state index contributed by atoms with van der Waals surface area (Å²) in [7, 11) is 1.62. The van der Waals surface area contributed by atoms with Crippen molar-refractivity contribution in [1.82, 2.24) is 10.2 Å². The van der Waals surface area contributed by atoms with E-state index >= 15 is 0 Å². The predicted octanol–water partition coefficient (Wildman–Crippen LogP) is 4.03. The van der Waals surface area contributed by atoms with Crippen LogP contribution in [0.4, 0.5) is 0 Å². The minimum Gasteiger partial charge on any atom is -0.383 e. The molecule has 0 bridgehead atoms. The lowest BCUT2D eigenvalue weighted by molar-refractivity contribution is -0.124. The van der Waals surface area contributed by atoms with Crippen molar-refractivity contribution in [1.29, 1.82) is 0 Å². The first-order chi connectivity index (χ1) is 15.2. The van der Waals surface area contributed by atoms with Crippen LogP contribution in [-0.4, -0.2) is 43.5 Å². The first kappa shape index (κ1) is 21.3. The van der Waals surface area contributed by atoms with Crippen LogP contribution in [0.3, 0.4) is 0 Å². The number of nitrogens with one attached hydrogen (secondary N) is 1. The Bertz CT molecular complexity index is 1020. The van der Waals surface area contributed by atoms with Gasteiger partial charge in [0.15, 0.2) is 0 Å². The number of amides is 2. The molecule has 2 unspecified atom stereocenters. The van der Waals surface area contributed by atoms with E-state index in [9.17, 15) is 9.59 Å². The zero-order valence-corrected chi connectivity index (χ0v) is 18.3. The largest absolute Gasteiger partial charge is 0.383 e. The van der Waals surface area contributed by atoms with Crippen LogP contribution in [-0.2, 0) is 16.0 Å². The molecule has 5 nitrogen and oxygen atoms in total. The topological polar surface area (TPSA) is 58.6 Å². The zero-order chi connectivity index (χ0) is 21.6. The molecule has 6 heteroatoms. The minimum atomic E-state index is -0.489. The van der Waals surface area contributed by atoms with Gasteiger partial charge in [0.1, 0.15) is 0 Å². The Kier molecular flexibility index (Phi) is 6.79. The van der Waals surface area contributed by atoms with Crippen molar-refractivity contribution in [3.05, 3.63) is 93.7 Å². The highest BCUT2D eigenvalue weighted by molar-refractivity contribution is 7.09. The highest BCUT2D eigenvalue weighted by atomic mass is 32.1. The molecule has 0 saturated carbocycles. The van der Waals surface area contributed by atoms with Crippen LogP contribution in [0.15, 0.2) is 72.1 Å². The lowest BCUT2D eigenvalue weighted by Gasteiger charge is -2.41. The summed E-state index contributed by atoms with van der Waals surface area (Å²) in [5.41, 5.74) is 2.31. The molecule has 2 atom stereocenters. The lowest BCUT2D eigenvalue weighted by atomic mass is 9.79. The molecule has 31 heavy (non-hydrogen) atoms. The summed E-state index contributed by atoms with van der Waals surface area (Å²) in [4.78, 5) is 29.9.